The van der Waals surface area contributed by atoms with Gasteiger partial charge in [-0.15, -0.1) is 0 Å². The average molecular weight is 1410 g/mol. The van der Waals surface area contributed by atoms with E-state index in [1.165, 1.54) is 21.8 Å². The molecule has 0 saturated heterocycles. The van der Waals surface area contributed by atoms with Crippen LogP contribution in [0.2, 0.25) is 0 Å². The first-order valence-corrected chi connectivity index (χ1v) is 35.0. The predicted octanol–water partition coefficient (Wildman–Crippen LogP) is 1.39. The number of nitrogens with two attached hydrogens (primary N) is 6. The van der Waals surface area contributed by atoms with Gasteiger partial charge in [-0.3, -0.25) is 47.9 Å². The van der Waals surface area contributed by atoms with Crippen molar-refractivity contribution in [1.82, 2.24) is 51.9 Å². The van der Waals surface area contributed by atoms with Crippen LogP contribution < -0.4 is 85.8 Å². The number of hydrogen-bond acceptors (Lipinski definition) is 19. The monoisotopic (exact) mass is 1400 g/mol. The van der Waals surface area contributed by atoms with Crippen molar-refractivity contribution in [2.45, 2.75) is 166 Å². The highest BCUT2D eigenvalue weighted by molar-refractivity contribution is 5.96. The lowest BCUT2D eigenvalue weighted by Gasteiger charge is -2.34. The number of ether oxygens (including phenoxy) is 3. The number of unbranched alkanes of at least 4 members (excludes halogenated alkanes) is 5. The van der Waals surface area contributed by atoms with Crippen molar-refractivity contribution in [1.29, 1.82) is 0 Å². The van der Waals surface area contributed by atoms with Crippen LogP contribution in [0, 0.1) is 0 Å². The molecule has 0 spiro atoms. The molecule has 29 heteroatoms. The molecule has 0 saturated carbocycles. The summed E-state index contributed by atoms with van der Waals surface area (Å²) in [5, 5.41) is 19.9. The standard InChI is InChI=1S/C72H108N16O13/c1-49(53-20-6-4-7-21-53)80-42-65(91)87(44-52-31-34-61-62(40-52)101-48-100-61)46-67(93)88(50(2)54-22-8-5-9-23-54)47-66(92)86(43-51-29-32-55(99-3)33-30-51)45-64(90)82-59(71(97)85-60(27-13-18-38-76)72(98)83-56(68(78)94)24-10-15-35-73)28-14-19-39-79-69(95)57(25-11-16-36-74)84-70(96)58(26-12-17-37-75)81-63(89)41-77/h4-9,20-23,29-34,40,49-50,56-60,80H,10-19,24-28,35-39,41-48,73-77H2,1-3H3,(H2,78,94)(H,79,95)(H,81,89)(H,82,90)(H,83,98)(H,84,96)(H,85,97)/t49-,50-,56?,57?,58?,59?,60?/m1/s1. The highest BCUT2D eigenvalue weighted by Crippen LogP contribution is 2.33. The number of amides is 10. The minimum atomic E-state index is -1.38. The molecule has 5 rings (SSSR count). The Morgan fingerprint density at radius 1 is 0.475 bits per heavy atom. The van der Waals surface area contributed by atoms with E-state index in [0.29, 0.717) is 105 Å². The minimum absolute atomic E-state index is 0.0221. The Labute approximate surface area is 592 Å². The SMILES string of the molecule is COc1ccc(CN(CC(=O)NC(CCCCNC(=O)C(CCCCN)NC(=O)C(CCCCN)NC(=O)CN)C(=O)NC(CCCCN)C(=O)NC(CCCCN)C(N)=O)C(=O)CN(C(=O)CN(Cc2ccc3c(c2)OCO3)C(=O)CN[C@H](C)c2ccccc2)[C@H](C)c2ccccc2)cc1. The van der Waals surface area contributed by atoms with Gasteiger partial charge in [0.05, 0.1) is 32.8 Å². The van der Waals surface area contributed by atoms with Crippen LogP contribution in [0.15, 0.2) is 103 Å². The van der Waals surface area contributed by atoms with E-state index in [2.05, 4.69) is 37.2 Å². The van der Waals surface area contributed by atoms with Crippen LogP contribution in [0.1, 0.15) is 144 Å². The van der Waals surface area contributed by atoms with Crippen LogP contribution in [0.4, 0.5) is 0 Å². The number of rotatable bonds is 49. The van der Waals surface area contributed by atoms with Crippen molar-refractivity contribution in [2.75, 3.05) is 79.4 Å². The van der Waals surface area contributed by atoms with E-state index < -0.39 is 115 Å². The van der Waals surface area contributed by atoms with E-state index in [9.17, 15) is 38.4 Å². The lowest BCUT2D eigenvalue weighted by molar-refractivity contribution is -0.147. The van der Waals surface area contributed by atoms with Crippen molar-refractivity contribution in [3.05, 3.63) is 125 Å². The van der Waals surface area contributed by atoms with Crippen LogP contribution >= 0.6 is 0 Å². The molecule has 0 aliphatic carbocycles. The Kier molecular flexibility index (Phi) is 37.1. The summed E-state index contributed by atoms with van der Waals surface area (Å²) < 4.78 is 16.6. The van der Waals surface area contributed by atoms with Gasteiger partial charge in [0.1, 0.15) is 49.0 Å². The maximum Gasteiger partial charge on any atom is 0.243 e. The van der Waals surface area contributed by atoms with Crippen molar-refractivity contribution in [3.8, 4) is 17.2 Å². The van der Waals surface area contributed by atoms with Crippen LogP contribution in [0.5, 0.6) is 17.2 Å². The Morgan fingerprint density at radius 2 is 0.941 bits per heavy atom. The van der Waals surface area contributed by atoms with E-state index in [-0.39, 0.29) is 97.0 Å². The molecule has 554 valence electrons. The molecular formula is C72H108N16O13. The van der Waals surface area contributed by atoms with Gasteiger partial charge in [0.25, 0.3) is 0 Å². The number of methoxy groups -OCH3 is 1. The molecule has 0 radical (unpaired) electrons. The van der Waals surface area contributed by atoms with Crippen molar-refractivity contribution in [3.63, 3.8) is 0 Å². The van der Waals surface area contributed by atoms with Crippen LogP contribution in [-0.2, 0) is 61.0 Å². The fourth-order valence-corrected chi connectivity index (χ4v) is 11.4. The van der Waals surface area contributed by atoms with E-state index in [1.54, 1.807) is 61.5 Å². The Balaban J connectivity index is 1.46. The number of benzene rings is 4. The Bertz CT molecular complexity index is 3240. The smallest absolute Gasteiger partial charge is 0.243 e. The average Bonchev–Trinajstić information content (AvgIpc) is 1.73. The van der Waals surface area contributed by atoms with Gasteiger partial charge in [0, 0.05) is 25.7 Å². The summed E-state index contributed by atoms with van der Waals surface area (Å²) in [6.45, 7) is 2.70. The van der Waals surface area contributed by atoms with Gasteiger partial charge >= 0.3 is 0 Å². The third kappa shape index (κ3) is 29.1. The zero-order chi connectivity index (χ0) is 73.5. The number of fused-ring (bicyclic) bond motifs is 1. The summed E-state index contributed by atoms with van der Waals surface area (Å²) in [5.74, 6) is -4.86. The molecule has 5 unspecified atom stereocenters. The second-order valence-corrected chi connectivity index (χ2v) is 25.1. The normalized spacial score (nSPS) is 13.5. The van der Waals surface area contributed by atoms with Crippen LogP contribution in [0.25, 0.3) is 0 Å². The van der Waals surface area contributed by atoms with Gasteiger partial charge in [0.15, 0.2) is 11.5 Å². The lowest BCUT2D eigenvalue weighted by atomic mass is 10.0. The number of carbonyl (C=O) groups is 10. The molecule has 101 heavy (non-hydrogen) atoms. The first-order chi connectivity index (χ1) is 48.7. The van der Waals surface area contributed by atoms with E-state index in [0.717, 1.165) is 5.56 Å². The number of nitrogens with one attached hydrogen (secondary N) is 7. The van der Waals surface area contributed by atoms with E-state index >= 15 is 9.59 Å². The van der Waals surface area contributed by atoms with Crippen molar-refractivity contribution < 1.29 is 62.2 Å². The highest BCUT2D eigenvalue weighted by Gasteiger charge is 2.34. The van der Waals surface area contributed by atoms with Gasteiger partial charge in [-0.1, -0.05) is 78.9 Å². The maximum atomic E-state index is 15.3. The van der Waals surface area contributed by atoms with Gasteiger partial charge in [0.2, 0.25) is 65.9 Å². The third-order valence-electron chi connectivity index (χ3n) is 17.4. The molecule has 0 aromatic heterocycles. The molecule has 7 atom stereocenters. The van der Waals surface area contributed by atoms with E-state index in [1.807, 2.05) is 55.5 Å². The number of carbonyl (C=O) groups excluding carboxylic acids is 10. The molecule has 10 amide bonds. The fourth-order valence-electron chi connectivity index (χ4n) is 11.4. The Hall–Kier alpha value is -9.26. The molecule has 0 bridgehead atoms. The van der Waals surface area contributed by atoms with Crippen molar-refractivity contribution in [2.24, 2.45) is 34.4 Å². The summed E-state index contributed by atoms with van der Waals surface area (Å²) in [6, 6.07) is 24.0. The molecule has 1 aliphatic heterocycles. The summed E-state index contributed by atoms with van der Waals surface area (Å²) >= 11 is 0. The van der Waals surface area contributed by atoms with E-state index in [4.69, 9.17) is 48.6 Å². The fraction of sp³-hybridized carbons (Fsp3) is 0.528. The quantitative estimate of drug-likeness (QED) is 0.0278. The van der Waals surface area contributed by atoms with Gasteiger partial charge < -0.3 is 101 Å². The maximum absolute atomic E-state index is 15.3. The van der Waals surface area contributed by atoms with Crippen LogP contribution in [-0.4, -0.2) is 183 Å². The summed E-state index contributed by atoms with van der Waals surface area (Å²) in [7, 11) is 1.50. The molecule has 29 nitrogen and oxygen atoms in total. The molecule has 4 aromatic rings. The first kappa shape index (κ1) is 82.4. The zero-order valence-corrected chi connectivity index (χ0v) is 58.8. The molecule has 1 aliphatic rings. The molecule has 1 heterocycles. The van der Waals surface area contributed by atoms with Gasteiger partial charge in [-0.2, -0.15) is 0 Å². The minimum Gasteiger partial charge on any atom is -0.497 e. The highest BCUT2D eigenvalue weighted by atomic mass is 16.7. The third-order valence-corrected chi connectivity index (χ3v) is 17.4. The number of hydrogen-bond donors (Lipinski definition) is 13. The molecule has 0 fully saturated rings. The molecule has 4 aromatic carbocycles. The summed E-state index contributed by atoms with van der Waals surface area (Å²) in [6.07, 6.45) is 5.20. The second-order valence-electron chi connectivity index (χ2n) is 25.1. The summed E-state index contributed by atoms with van der Waals surface area (Å²) in [4.78, 5) is 145. The van der Waals surface area contributed by atoms with Gasteiger partial charge in [-0.25, -0.2) is 0 Å². The molecule has 19 N–H and O–H groups in total. The first-order valence-electron chi connectivity index (χ1n) is 35.0. The van der Waals surface area contributed by atoms with Gasteiger partial charge in [-0.05, 0) is 183 Å². The zero-order valence-electron chi connectivity index (χ0n) is 58.8. The second kappa shape index (κ2) is 45.5. The summed E-state index contributed by atoms with van der Waals surface area (Å²) in [5.41, 5.74) is 37.2. The largest absolute Gasteiger partial charge is 0.497 e. The topological polar surface area (TPSA) is 448 Å². The van der Waals surface area contributed by atoms with Crippen LogP contribution in [0.3, 0.4) is 0 Å². The molecular weight excluding hydrogens is 1300 g/mol. The van der Waals surface area contributed by atoms with Crippen molar-refractivity contribution >= 4 is 59.1 Å². The predicted molar refractivity (Wildman–Crippen MR) is 382 cm³/mol. The lowest BCUT2D eigenvalue weighted by Crippen LogP contribution is -2.57. The number of primary amides is 1. The number of nitrogens with zero attached hydrogens (tertiary/aromatic N) is 3. The Morgan fingerprint density at radius 3 is 1.48 bits per heavy atom.